The van der Waals surface area contributed by atoms with E-state index in [0.29, 0.717) is 18.7 Å². The Bertz CT molecular complexity index is 1320. The van der Waals surface area contributed by atoms with Crippen LogP contribution in [0.15, 0.2) is 66.9 Å². The molecule has 5 rings (SSSR count). The van der Waals surface area contributed by atoms with Crippen LogP contribution in [-0.2, 0) is 17.4 Å². The number of H-pyrrole nitrogens is 1. The van der Waals surface area contributed by atoms with E-state index in [1.54, 1.807) is 6.07 Å². The van der Waals surface area contributed by atoms with E-state index in [2.05, 4.69) is 20.5 Å². The Morgan fingerprint density at radius 2 is 1.88 bits per heavy atom. The van der Waals surface area contributed by atoms with Gasteiger partial charge in [-0.15, -0.1) is 0 Å². The van der Waals surface area contributed by atoms with E-state index in [1.165, 1.54) is 12.3 Å². The largest absolute Gasteiger partial charge is 0.474 e. The van der Waals surface area contributed by atoms with Crippen molar-refractivity contribution in [3.05, 3.63) is 83.7 Å². The van der Waals surface area contributed by atoms with Crippen molar-refractivity contribution in [2.45, 2.75) is 37.5 Å². The fourth-order valence-corrected chi connectivity index (χ4v) is 4.19. The summed E-state index contributed by atoms with van der Waals surface area (Å²) in [5.41, 5.74) is 0.853. The van der Waals surface area contributed by atoms with Gasteiger partial charge in [0, 0.05) is 23.9 Å². The van der Waals surface area contributed by atoms with Gasteiger partial charge < -0.3 is 10.1 Å². The highest BCUT2D eigenvalue weighted by Gasteiger charge is 2.38. The van der Waals surface area contributed by atoms with Gasteiger partial charge in [0.1, 0.15) is 11.7 Å². The zero-order valence-electron chi connectivity index (χ0n) is 18.0. The molecule has 0 bridgehead atoms. The molecule has 1 saturated carbocycles. The minimum Gasteiger partial charge on any atom is -0.474 e. The normalized spacial score (nSPS) is 17.9. The van der Waals surface area contributed by atoms with Crippen molar-refractivity contribution < 1.29 is 22.7 Å². The average Bonchev–Trinajstić information content (AvgIpc) is 3.23. The van der Waals surface area contributed by atoms with Crippen LogP contribution in [0.4, 0.5) is 19.0 Å². The lowest BCUT2D eigenvalue weighted by molar-refractivity contribution is -0.140. The molecular formula is C25H21F3N4O2. The number of aromatic nitrogens is 3. The molecule has 174 valence electrons. The maximum atomic E-state index is 13.1. The van der Waals surface area contributed by atoms with Crippen molar-refractivity contribution in [2.24, 2.45) is 0 Å². The van der Waals surface area contributed by atoms with Gasteiger partial charge in [0.25, 0.3) is 0 Å². The van der Waals surface area contributed by atoms with Gasteiger partial charge in [-0.2, -0.15) is 18.3 Å². The van der Waals surface area contributed by atoms with E-state index in [4.69, 9.17) is 4.74 Å². The number of nitrogens with one attached hydrogen (secondary N) is 2. The quantitative estimate of drug-likeness (QED) is 0.394. The number of nitrogens with zero attached hydrogens (tertiary/aromatic N) is 2. The van der Waals surface area contributed by atoms with Gasteiger partial charge in [-0.05, 0) is 41.3 Å². The molecule has 1 fully saturated rings. The maximum absolute atomic E-state index is 13.1. The van der Waals surface area contributed by atoms with E-state index in [1.807, 2.05) is 42.5 Å². The first-order chi connectivity index (χ1) is 16.4. The Balaban J connectivity index is 1.17. The zero-order valence-corrected chi connectivity index (χ0v) is 18.0. The molecule has 6 nitrogen and oxygen atoms in total. The van der Waals surface area contributed by atoms with Crippen LogP contribution in [0.25, 0.3) is 10.8 Å². The number of carbonyl (C=O) groups excluding carboxylic acids is 1. The van der Waals surface area contributed by atoms with Crippen LogP contribution < -0.4 is 10.1 Å². The molecule has 2 aromatic heterocycles. The second kappa shape index (κ2) is 8.81. The summed E-state index contributed by atoms with van der Waals surface area (Å²) in [4.78, 5) is 16.3. The summed E-state index contributed by atoms with van der Waals surface area (Å²) in [6, 6.07) is 17.7. The summed E-state index contributed by atoms with van der Waals surface area (Å²) in [5, 5.41) is 12.0. The predicted molar refractivity (Wildman–Crippen MR) is 120 cm³/mol. The number of ether oxygens (including phenoxy) is 1. The number of hydrogen-bond acceptors (Lipinski definition) is 4. The summed E-state index contributed by atoms with van der Waals surface area (Å²) >= 11 is 0. The van der Waals surface area contributed by atoms with Gasteiger partial charge in [-0.25, -0.2) is 4.98 Å². The van der Waals surface area contributed by atoms with Crippen LogP contribution in [0.3, 0.4) is 0 Å². The Kier molecular flexibility index (Phi) is 5.69. The maximum Gasteiger partial charge on any atom is 0.421 e. The number of aromatic amines is 1. The Labute approximate surface area is 193 Å². The van der Waals surface area contributed by atoms with Gasteiger partial charge in [0.15, 0.2) is 5.82 Å². The molecule has 0 aliphatic heterocycles. The number of alkyl halides is 3. The van der Waals surface area contributed by atoms with Crippen LogP contribution in [0, 0.1) is 0 Å². The fourth-order valence-electron chi connectivity index (χ4n) is 4.19. The van der Waals surface area contributed by atoms with E-state index in [0.717, 1.165) is 28.1 Å². The van der Waals surface area contributed by atoms with E-state index < -0.39 is 17.6 Å². The third-order valence-corrected chi connectivity index (χ3v) is 5.99. The Morgan fingerprint density at radius 3 is 2.71 bits per heavy atom. The molecule has 1 aliphatic carbocycles. The fraction of sp³-hybridized carbons (Fsp3) is 0.240. The standard InChI is InChI=1S/C25H21F3N4O2/c26-25(27,28)20-9-4-10-29-24(20)34-18-11-17(12-18)21-14-22(32-31-21)30-23(33)13-16-7-3-6-15-5-1-2-8-19(15)16/h1-10,14,17-18H,11-13H2,(H2,30,31,32,33)/t17-,18+. The first-order valence-electron chi connectivity index (χ1n) is 10.9. The second-order valence-electron chi connectivity index (χ2n) is 8.33. The number of anilines is 1. The number of pyridine rings is 1. The Morgan fingerprint density at radius 1 is 1.09 bits per heavy atom. The van der Waals surface area contributed by atoms with Crippen molar-refractivity contribution in [2.75, 3.05) is 5.32 Å². The predicted octanol–water partition coefficient (Wildman–Crippen LogP) is 5.48. The minimum atomic E-state index is -4.52. The van der Waals surface area contributed by atoms with Crippen molar-refractivity contribution in [3.63, 3.8) is 0 Å². The molecule has 0 spiro atoms. The van der Waals surface area contributed by atoms with Gasteiger partial charge >= 0.3 is 6.18 Å². The topological polar surface area (TPSA) is 79.9 Å². The summed E-state index contributed by atoms with van der Waals surface area (Å²) in [5.74, 6) is -0.114. The van der Waals surface area contributed by atoms with Gasteiger partial charge in [0.2, 0.25) is 11.8 Å². The number of rotatable bonds is 6. The van der Waals surface area contributed by atoms with Gasteiger partial charge in [0.05, 0.1) is 6.42 Å². The first kappa shape index (κ1) is 21.9. The molecule has 0 unspecified atom stereocenters. The molecule has 34 heavy (non-hydrogen) atoms. The number of benzene rings is 2. The van der Waals surface area contributed by atoms with Crippen LogP contribution in [0.5, 0.6) is 5.88 Å². The summed E-state index contributed by atoms with van der Waals surface area (Å²) in [6.07, 6.45) is -2.33. The lowest BCUT2D eigenvalue weighted by Gasteiger charge is -2.34. The third-order valence-electron chi connectivity index (χ3n) is 5.99. The van der Waals surface area contributed by atoms with E-state index >= 15 is 0 Å². The number of halogens is 3. The summed E-state index contributed by atoms with van der Waals surface area (Å²) in [7, 11) is 0. The van der Waals surface area contributed by atoms with Crippen LogP contribution in [0.1, 0.15) is 35.6 Å². The molecule has 1 aliphatic rings. The molecule has 0 atom stereocenters. The Hall–Kier alpha value is -3.88. The molecule has 0 radical (unpaired) electrons. The molecule has 0 saturated heterocycles. The second-order valence-corrected chi connectivity index (χ2v) is 8.33. The highest BCUT2D eigenvalue weighted by Crippen LogP contribution is 2.41. The lowest BCUT2D eigenvalue weighted by atomic mass is 9.80. The molecule has 4 aromatic rings. The lowest BCUT2D eigenvalue weighted by Crippen LogP contribution is -2.33. The molecule has 9 heteroatoms. The molecule has 2 N–H and O–H groups in total. The number of fused-ring (bicyclic) bond motifs is 1. The molecule has 2 aromatic carbocycles. The number of amides is 1. The van der Waals surface area contributed by atoms with E-state index in [9.17, 15) is 18.0 Å². The smallest absolute Gasteiger partial charge is 0.421 e. The van der Waals surface area contributed by atoms with Gasteiger partial charge in [-0.3, -0.25) is 9.89 Å². The first-order valence-corrected chi connectivity index (χ1v) is 10.9. The van der Waals surface area contributed by atoms with E-state index in [-0.39, 0.29) is 24.3 Å². The molecule has 2 heterocycles. The minimum absolute atomic E-state index is 0.0549. The van der Waals surface area contributed by atoms with Crippen LogP contribution >= 0.6 is 0 Å². The summed E-state index contributed by atoms with van der Waals surface area (Å²) < 4.78 is 44.8. The summed E-state index contributed by atoms with van der Waals surface area (Å²) in [6.45, 7) is 0. The highest BCUT2D eigenvalue weighted by molar-refractivity contribution is 5.95. The van der Waals surface area contributed by atoms with Crippen molar-refractivity contribution in [3.8, 4) is 5.88 Å². The van der Waals surface area contributed by atoms with Crippen molar-refractivity contribution in [1.82, 2.24) is 15.2 Å². The molecular weight excluding hydrogens is 445 g/mol. The number of carbonyl (C=O) groups is 1. The van der Waals surface area contributed by atoms with Crippen molar-refractivity contribution in [1.29, 1.82) is 0 Å². The SMILES string of the molecule is O=C(Cc1cccc2ccccc12)Nc1cc([C@H]2C[C@@H](Oc3ncccc3C(F)(F)F)C2)[nH]n1. The zero-order chi connectivity index (χ0) is 23.7. The van der Waals surface area contributed by atoms with Crippen LogP contribution in [0.2, 0.25) is 0 Å². The third kappa shape index (κ3) is 4.59. The highest BCUT2D eigenvalue weighted by atomic mass is 19.4. The van der Waals surface area contributed by atoms with Gasteiger partial charge in [-0.1, -0.05) is 42.5 Å². The molecule has 1 amide bonds. The van der Waals surface area contributed by atoms with Crippen LogP contribution in [-0.4, -0.2) is 27.2 Å². The van der Waals surface area contributed by atoms with Crippen molar-refractivity contribution >= 4 is 22.5 Å². The average molecular weight is 466 g/mol. The number of hydrogen-bond donors (Lipinski definition) is 2. The monoisotopic (exact) mass is 466 g/mol.